The van der Waals surface area contributed by atoms with Gasteiger partial charge in [0.1, 0.15) is 10.6 Å². The van der Waals surface area contributed by atoms with Crippen molar-refractivity contribution in [2.45, 2.75) is 11.8 Å². The standard InChI is InChI=1S/C22H23N3O4S/c1-16-9-10-20(26)21(15-16)30(28,29)25-13-11-24(12-14-25)22(27)23-19-8-4-6-17-5-2-3-7-18(17)19/h2-10,15,26H,11-14H2,1H3,(H,23,27). The van der Waals surface area contributed by atoms with Gasteiger partial charge in [0, 0.05) is 31.6 Å². The maximum Gasteiger partial charge on any atom is 0.321 e. The number of carbonyl (C=O) groups excluding carboxylic acids is 1. The van der Waals surface area contributed by atoms with Crippen LogP contribution in [0.15, 0.2) is 65.6 Å². The van der Waals surface area contributed by atoms with Crippen LogP contribution in [0.2, 0.25) is 0 Å². The number of sulfonamides is 1. The van der Waals surface area contributed by atoms with Crippen LogP contribution in [0, 0.1) is 6.92 Å². The molecule has 1 aliphatic heterocycles. The van der Waals surface area contributed by atoms with E-state index in [9.17, 15) is 18.3 Å². The van der Waals surface area contributed by atoms with Crippen LogP contribution in [0.4, 0.5) is 10.5 Å². The molecule has 30 heavy (non-hydrogen) atoms. The maximum atomic E-state index is 12.9. The molecule has 156 valence electrons. The monoisotopic (exact) mass is 425 g/mol. The summed E-state index contributed by atoms with van der Waals surface area (Å²) in [5, 5.41) is 14.9. The number of phenolic OH excluding ortho intramolecular Hbond substituents is 1. The summed E-state index contributed by atoms with van der Waals surface area (Å²) in [7, 11) is -3.83. The maximum absolute atomic E-state index is 12.9. The average molecular weight is 426 g/mol. The topological polar surface area (TPSA) is 90.0 Å². The summed E-state index contributed by atoms with van der Waals surface area (Å²) in [6, 6.07) is 17.8. The molecule has 0 atom stereocenters. The predicted molar refractivity (Wildman–Crippen MR) is 116 cm³/mol. The molecule has 0 spiro atoms. The molecule has 0 aromatic heterocycles. The zero-order valence-electron chi connectivity index (χ0n) is 16.6. The van der Waals surface area contributed by atoms with Crippen LogP contribution in [0.1, 0.15) is 5.56 Å². The Morgan fingerprint density at radius 2 is 1.67 bits per heavy atom. The molecule has 8 heteroatoms. The van der Waals surface area contributed by atoms with E-state index >= 15 is 0 Å². The summed E-state index contributed by atoms with van der Waals surface area (Å²) >= 11 is 0. The summed E-state index contributed by atoms with van der Waals surface area (Å²) in [4.78, 5) is 14.2. The van der Waals surface area contributed by atoms with Crippen molar-refractivity contribution in [1.82, 2.24) is 9.21 Å². The summed E-state index contributed by atoms with van der Waals surface area (Å²) in [5.41, 5.74) is 1.47. The number of amides is 2. The van der Waals surface area contributed by atoms with Gasteiger partial charge in [0.25, 0.3) is 0 Å². The highest BCUT2D eigenvalue weighted by Gasteiger charge is 2.32. The van der Waals surface area contributed by atoms with Gasteiger partial charge in [-0.15, -0.1) is 0 Å². The Morgan fingerprint density at radius 1 is 0.967 bits per heavy atom. The Bertz CT molecular complexity index is 1200. The number of aromatic hydroxyl groups is 1. The van der Waals surface area contributed by atoms with Gasteiger partial charge >= 0.3 is 6.03 Å². The predicted octanol–water partition coefficient (Wildman–Crippen LogP) is 3.39. The molecule has 7 nitrogen and oxygen atoms in total. The molecule has 0 aliphatic carbocycles. The highest BCUT2D eigenvalue weighted by atomic mass is 32.2. The van der Waals surface area contributed by atoms with Gasteiger partial charge in [-0.05, 0) is 36.1 Å². The molecule has 1 saturated heterocycles. The van der Waals surface area contributed by atoms with Crippen LogP contribution in [-0.4, -0.2) is 54.9 Å². The number of nitrogens with zero attached hydrogens (tertiary/aromatic N) is 2. The normalized spacial score (nSPS) is 15.3. The first-order chi connectivity index (χ1) is 14.4. The third kappa shape index (κ3) is 3.83. The first kappa shape index (κ1) is 20.2. The molecule has 2 N–H and O–H groups in total. The number of urea groups is 1. The molecule has 0 unspecified atom stereocenters. The fraction of sp³-hybridized carbons (Fsp3) is 0.227. The zero-order chi connectivity index (χ0) is 21.3. The molecule has 3 aromatic rings. The van der Waals surface area contributed by atoms with E-state index in [1.165, 1.54) is 16.4 Å². The third-order valence-electron chi connectivity index (χ3n) is 5.29. The number of rotatable bonds is 3. The highest BCUT2D eigenvalue weighted by Crippen LogP contribution is 2.28. The lowest BCUT2D eigenvalue weighted by Gasteiger charge is -2.34. The molecule has 0 bridgehead atoms. The first-order valence-electron chi connectivity index (χ1n) is 9.70. The second-order valence-electron chi connectivity index (χ2n) is 7.32. The average Bonchev–Trinajstić information content (AvgIpc) is 2.75. The summed E-state index contributed by atoms with van der Waals surface area (Å²) < 4.78 is 27.2. The van der Waals surface area contributed by atoms with E-state index in [1.54, 1.807) is 17.9 Å². The summed E-state index contributed by atoms with van der Waals surface area (Å²) in [6.07, 6.45) is 0. The number of anilines is 1. The number of piperazine rings is 1. The van der Waals surface area contributed by atoms with Gasteiger partial charge in [0.05, 0.1) is 5.69 Å². The number of aryl methyl sites for hydroxylation is 1. The van der Waals surface area contributed by atoms with E-state index in [2.05, 4.69) is 5.32 Å². The fourth-order valence-corrected chi connectivity index (χ4v) is 5.22. The lowest BCUT2D eigenvalue weighted by Crippen LogP contribution is -2.51. The minimum atomic E-state index is -3.83. The largest absolute Gasteiger partial charge is 0.507 e. The second kappa shape index (κ2) is 7.97. The van der Waals surface area contributed by atoms with E-state index in [-0.39, 0.29) is 42.9 Å². The van der Waals surface area contributed by atoms with Crippen molar-refractivity contribution in [1.29, 1.82) is 0 Å². The zero-order valence-corrected chi connectivity index (χ0v) is 17.4. The third-order valence-corrected chi connectivity index (χ3v) is 7.22. The Kier molecular flexibility index (Phi) is 5.36. The van der Waals surface area contributed by atoms with Crippen LogP contribution >= 0.6 is 0 Å². The van der Waals surface area contributed by atoms with Crippen LogP contribution in [-0.2, 0) is 10.0 Å². The molecule has 2 amide bonds. The quantitative estimate of drug-likeness (QED) is 0.673. The minimum Gasteiger partial charge on any atom is -0.507 e. The molecular weight excluding hydrogens is 402 g/mol. The lowest BCUT2D eigenvalue weighted by atomic mass is 10.1. The van der Waals surface area contributed by atoms with Gasteiger partial charge in [0.2, 0.25) is 10.0 Å². The van der Waals surface area contributed by atoms with Crippen molar-refractivity contribution >= 4 is 32.5 Å². The molecule has 1 aliphatic rings. The Balaban J connectivity index is 1.45. The SMILES string of the molecule is Cc1ccc(O)c(S(=O)(=O)N2CCN(C(=O)Nc3cccc4ccccc34)CC2)c1. The van der Waals surface area contributed by atoms with E-state index in [0.717, 1.165) is 22.0 Å². The number of hydrogen-bond acceptors (Lipinski definition) is 4. The second-order valence-corrected chi connectivity index (χ2v) is 9.23. The molecule has 1 fully saturated rings. The van der Waals surface area contributed by atoms with Crippen LogP contribution in [0.25, 0.3) is 10.8 Å². The summed E-state index contributed by atoms with van der Waals surface area (Å²) in [6.45, 7) is 2.64. The fourth-order valence-electron chi connectivity index (χ4n) is 3.63. The van der Waals surface area contributed by atoms with Crippen molar-refractivity contribution in [3.8, 4) is 5.75 Å². The van der Waals surface area contributed by atoms with Crippen molar-refractivity contribution in [3.05, 3.63) is 66.2 Å². The molecule has 0 saturated carbocycles. The highest BCUT2D eigenvalue weighted by molar-refractivity contribution is 7.89. The van der Waals surface area contributed by atoms with E-state index in [0.29, 0.717) is 0 Å². The Labute approximate surface area is 175 Å². The number of benzene rings is 3. The van der Waals surface area contributed by atoms with Crippen molar-refractivity contribution in [3.63, 3.8) is 0 Å². The summed E-state index contributed by atoms with van der Waals surface area (Å²) in [5.74, 6) is -0.267. The van der Waals surface area contributed by atoms with Crippen molar-refractivity contribution < 1.29 is 18.3 Å². The number of carbonyl (C=O) groups is 1. The van der Waals surface area contributed by atoms with E-state index in [4.69, 9.17) is 0 Å². The van der Waals surface area contributed by atoms with Gasteiger partial charge in [0.15, 0.2) is 0 Å². The van der Waals surface area contributed by atoms with Crippen LogP contribution in [0.5, 0.6) is 5.75 Å². The lowest BCUT2D eigenvalue weighted by molar-refractivity contribution is 0.184. The number of fused-ring (bicyclic) bond motifs is 1. The van der Waals surface area contributed by atoms with E-state index in [1.807, 2.05) is 42.5 Å². The molecule has 0 radical (unpaired) electrons. The van der Waals surface area contributed by atoms with Crippen molar-refractivity contribution in [2.24, 2.45) is 0 Å². The smallest absolute Gasteiger partial charge is 0.321 e. The Morgan fingerprint density at radius 3 is 2.43 bits per heavy atom. The van der Waals surface area contributed by atoms with Gasteiger partial charge in [-0.25, -0.2) is 13.2 Å². The molecule has 1 heterocycles. The first-order valence-corrected chi connectivity index (χ1v) is 11.1. The molecule has 3 aromatic carbocycles. The number of nitrogens with one attached hydrogen (secondary N) is 1. The van der Waals surface area contributed by atoms with E-state index < -0.39 is 10.0 Å². The number of hydrogen-bond donors (Lipinski definition) is 2. The molecular formula is C22H23N3O4S. The van der Waals surface area contributed by atoms with Crippen LogP contribution < -0.4 is 5.32 Å². The Hall–Kier alpha value is -3.10. The van der Waals surface area contributed by atoms with Crippen LogP contribution in [0.3, 0.4) is 0 Å². The minimum absolute atomic E-state index is 0.101. The molecule has 4 rings (SSSR count). The van der Waals surface area contributed by atoms with Gasteiger partial charge in [-0.1, -0.05) is 42.5 Å². The van der Waals surface area contributed by atoms with Gasteiger partial charge in [-0.3, -0.25) is 0 Å². The van der Waals surface area contributed by atoms with Crippen molar-refractivity contribution in [2.75, 3.05) is 31.5 Å². The van der Waals surface area contributed by atoms with Gasteiger partial charge < -0.3 is 15.3 Å². The van der Waals surface area contributed by atoms with Gasteiger partial charge in [-0.2, -0.15) is 4.31 Å². The number of phenols is 1.